The number of fused-ring (bicyclic) bond motifs is 1. The Balaban J connectivity index is 1.65. The van der Waals surface area contributed by atoms with E-state index < -0.39 is 24.6 Å². The molecule has 3 heterocycles. The fourth-order valence-electron chi connectivity index (χ4n) is 3.37. The number of hydrogen-bond acceptors (Lipinski definition) is 5. The summed E-state index contributed by atoms with van der Waals surface area (Å²) in [5.41, 5.74) is 2.41. The number of carbonyl (C=O) groups excluding carboxylic acids is 1. The first-order valence-corrected chi connectivity index (χ1v) is 9.89. The third kappa shape index (κ3) is 4.67. The van der Waals surface area contributed by atoms with Crippen molar-refractivity contribution in [2.45, 2.75) is 33.3 Å². The van der Waals surface area contributed by atoms with E-state index in [0.717, 1.165) is 22.9 Å². The van der Waals surface area contributed by atoms with Crippen LogP contribution >= 0.6 is 0 Å². The Morgan fingerprint density at radius 3 is 2.64 bits per heavy atom. The SMILES string of the molecule is [2H]C([2H])([2H])Cc1ncc2cc(-c3cc(NC(=O)c4ccnc(C(F)(F)F)c4)ccc3C)c(C)nc2n1. The normalized spacial score (nSPS) is 13.3. The van der Waals surface area contributed by atoms with E-state index in [2.05, 4.69) is 25.3 Å². The zero-order chi connectivity index (χ0) is 26.3. The van der Waals surface area contributed by atoms with E-state index in [4.69, 9.17) is 4.11 Å². The van der Waals surface area contributed by atoms with Crippen LogP contribution in [0.3, 0.4) is 0 Å². The molecule has 0 saturated heterocycles. The van der Waals surface area contributed by atoms with Gasteiger partial charge in [0.05, 0.1) is 0 Å². The van der Waals surface area contributed by atoms with Gasteiger partial charge >= 0.3 is 6.18 Å². The van der Waals surface area contributed by atoms with Gasteiger partial charge in [-0.05, 0) is 55.3 Å². The van der Waals surface area contributed by atoms with E-state index in [9.17, 15) is 18.0 Å². The van der Waals surface area contributed by atoms with Gasteiger partial charge in [-0.1, -0.05) is 12.9 Å². The predicted molar refractivity (Wildman–Crippen MR) is 119 cm³/mol. The maximum atomic E-state index is 13.0. The fourth-order valence-corrected chi connectivity index (χ4v) is 3.37. The van der Waals surface area contributed by atoms with Crippen LogP contribution in [0.2, 0.25) is 0 Å². The Kier molecular flexibility index (Phi) is 4.85. The van der Waals surface area contributed by atoms with E-state index in [1.165, 1.54) is 12.3 Å². The second-order valence-corrected chi connectivity index (χ2v) is 7.41. The van der Waals surface area contributed by atoms with Crippen molar-refractivity contribution < 1.29 is 22.1 Å². The highest BCUT2D eigenvalue weighted by Crippen LogP contribution is 2.31. The summed E-state index contributed by atoms with van der Waals surface area (Å²) in [7, 11) is 0. The van der Waals surface area contributed by atoms with Crippen molar-refractivity contribution in [3.8, 4) is 11.1 Å². The monoisotopic (exact) mass is 454 g/mol. The van der Waals surface area contributed by atoms with E-state index >= 15 is 0 Å². The van der Waals surface area contributed by atoms with E-state index in [1.54, 1.807) is 25.1 Å². The molecule has 3 aromatic heterocycles. The van der Waals surface area contributed by atoms with Gasteiger partial charge in [0, 0.05) is 50.8 Å². The highest BCUT2D eigenvalue weighted by Gasteiger charge is 2.33. The standard InChI is InChI=1S/C24H20F3N5O/c1-4-21-29-12-16-9-19(14(3)30-22(16)32-21)18-11-17(6-5-13(18)2)31-23(33)15-7-8-28-20(10-15)24(25,26)27/h5-12H,4H2,1-3H3,(H,31,33)/i1D3. The highest BCUT2D eigenvalue weighted by molar-refractivity contribution is 6.04. The first kappa shape index (κ1) is 18.7. The number of nitrogens with zero attached hydrogens (tertiary/aromatic N) is 4. The smallest absolute Gasteiger partial charge is 0.322 e. The summed E-state index contributed by atoms with van der Waals surface area (Å²) < 4.78 is 61.1. The molecule has 0 radical (unpaired) electrons. The lowest BCUT2D eigenvalue weighted by atomic mass is 9.98. The Hall–Kier alpha value is -3.88. The lowest BCUT2D eigenvalue weighted by Crippen LogP contribution is -2.15. The fraction of sp³-hybridized carbons (Fsp3) is 0.208. The van der Waals surface area contributed by atoms with Gasteiger partial charge in [-0.3, -0.25) is 9.78 Å². The van der Waals surface area contributed by atoms with Crippen molar-refractivity contribution in [1.82, 2.24) is 19.9 Å². The molecule has 0 unspecified atom stereocenters. The summed E-state index contributed by atoms with van der Waals surface area (Å²) in [6, 6.07) is 8.86. The number of pyridine rings is 2. The van der Waals surface area contributed by atoms with Crippen LogP contribution in [-0.4, -0.2) is 25.8 Å². The number of amides is 1. The van der Waals surface area contributed by atoms with Gasteiger partial charge in [-0.2, -0.15) is 13.2 Å². The molecule has 9 heteroatoms. The van der Waals surface area contributed by atoms with Crippen LogP contribution < -0.4 is 5.32 Å². The second-order valence-electron chi connectivity index (χ2n) is 7.41. The molecule has 1 aromatic carbocycles. The van der Waals surface area contributed by atoms with Gasteiger partial charge < -0.3 is 5.32 Å². The topological polar surface area (TPSA) is 80.7 Å². The van der Waals surface area contributed by atoms with Crippen molar-refractivity contribution in [1.29, 1.82) is 0 Å². The molecule has 0 aliphatic rings. The van der Waals surface area contributed by atoms with Gasteiger partial charge in [0.1, 0.15) is 11.5 Å². The molecule has 0 bridgehead atoms. The number of aryl methyl sites for hydroxylation is 3. The molecule has 0 atom stereocenters. The zero-order valence-electron chi connectivity index (χ0n) is 20.7. The minimum Gasteiger partial charge on any atom is -0.322 e. The number of anilines is 1. The van der Waals surface area contributed by atoms with Gasteiger partial charge in [0.25, 0.3) is 5.91 Å². The van der Waals surface area contributed by atoms with Crippen LogP contribution in [0, 0.1) is 13.8 Å². The maximum absolute atomic E-state index is 13.0. The molecule has 0 spiro atoms. The molecule has 33 heavy (non-hydrogen) atoms. The molecular formula is C24H20F3N5O. The summed E-state index contributed by atoms with van der Waals surface area (Å²) >= 11 is 0. The molecule has 4 aromatic rings. The second kappa shape index (κ2) is 8.57. The molecule has 1 amide bonds. The third-order valence-corrected chi connectivity index (χ3v) is 5.07. The van der Waals surface area contributed by atoms with Crippen molar-refractivity contribution in [3.05, 3.63) is 77.1 Å². The summed E-state index contributed by atoms with van der Waals surface area (Å²) in [4.78, 5) is 28.8. The van der Waals surface area contributed by atoms with Crippen LogP contribution in [-0.2, 0) is 12.6 Å². The van der Waals surface area contributed by atoms with Crippen LogP contribution in [0.1, 0.15) is 44.1 Å². The van der Waals surface area contributed by atoms with Gasteiger partial charge in [0.2, 0.25) is 0 Å². The minimum atomic E-state index is -4.66. The first-order chi connectivity index (χ1) is 16.8. The number of alkyl halides is 3. The number of rotatable bonds is 4. The van der Waals surface area contributed by atoms with Crippen molar-refractivity contribution in [2.24, 2.45) is 0 Å². The van der Waals surface area contributed by atoms with Crippen LogP contribution in [0.15, 0.2) is 48.8 Å². The van der Waals surface area contributed by atoms with E-state index in [0.29, 0.717) is 28.5 Å². The quantitative estimate of drug-likeness (QED) is 0.438. The Labute approximate surface area is 192 Å². The van der Waals surface area contributed by atoms with Gasteiger partial charge in [-0.25, -0.2) is 15.0 Å². The molecule has 168 valence electrons. The summed E-state index contributed by atoms with van der Waals surface area (Å²) in [5.74, 6) is -0.533. The summed E-state index contributed by atoms with van der Waals surface area (Å²) in [5, 5.41) is 3.23. The molecule has 4 rings (SSSR count). The average molecular weight is 454 g/mol. The lowest BCUT2D eigenvalue weighted by Gasteiger charge is -2.13. The van der Waals surface area contributed by atoms with Crippen LogP contribution in [0.4, 0.5) is 18.9 Å². The molecular weight excluding hydrogens is 431 g/mol. The summed E-state index contributed by atoms with van der Waals surface area (Å²) in [6.07, 6.45) is -2.48. The number of aromatic nitrogens is 4. The maximum Gasteiger partial charge on any atom is 0.433 e. The predicted octanol–water partition coefficient (Wildman–Crippen LogP) is 5.54. The molecule has 0 aliphatic carbocycles. The largest absolute Gasteiger partial charge is 0.433 e. The molecule has 1 N–H and O–H groups in total. The molecule has 6 nitrogen and oxygen atoms in total. The van der Waals surface area contributed by atoms with Crippen molar-refractivity contribution in [3.63, 3.8) is 0 Å². The van der Waals surface area contributed by atoms with Crippen LogP contribution in [0.5, 0.6) is 0 Å². The van der Waals surface area contributed by atoms with Crippen molar-refractivity contribution >= 4 is 22.6 Å². The number of benzene rings is 1. The Morgan fingerprint density at radius 1 is 1.06 bits per heavy atom. The summed E-state index contributed by atoms with van der Waals surface area (Å²) in [6.45, 7) is 1.45. The van der Waals surface area contributed by atoms with E-state index in [1.807, 2.05) is 13.0 Å². The highest BCUT2D eigenvalue weighted by atomic mass is 19.4. The Morgan fingerprint density at radius 2 is 1.88 bits per heavy atom. The number of nitrogens with one attached hydrogen (secondary N) is 1. The Bertz CT molecular complexity index is 1470. The van der Waals surface area contributed by atoms with Crippen LogP contribution in [0.25, 0.3) is 22.2 Å². The molecule has 0 saturated carbocycles. The van der Waals surface area contributed by atoms with Gasteiger partial charge in [-0.15, -0.1) is 0 Å². The zero-order valence-corrected chi connectivity index (χ0v) is 17.7. The third-order valence-electron chi connectivity index (χ3n) is 5.07. The molecule has 0 fully saturated rings. The number of hydrogen-bond donors (Lipinski definition) is 1. The van der Waals surface area contributed by atoms with E-state index in [-0.39, 0.29) is 17.8 Å². The molecule has 0 aliphatic heterocycles. The minimum absolute atomic E-state index is 0.173. The number of halogens is 3. The average Bonchev–Trinajstić information content (AvgIpc) is 2.78. The number of carbonyl (C=O) groups is 1. The van der Waals surface area contributed by atoms with Gasteiger partial charge in [0.15, 0.2) is 5.65 Å². The van der Waals surface area contributed by atoms with Crippen molar-refractivity contribution in [2.75, 3.05) is 5.32 Å². The first-order valence-electron chi connectivity index (χ1n) is 11.4. The lowest BCUT2D eigenvalue weighted by molar-refractivity contribution is -0.141.